The molecule has 0 bridgehead atoms. The van der Waals surface area contributed by atoms with Crippen molar-refractivity contribution >= 4 is 12.0 Å². The minimum atomic E-state index is -1.29. The number of aromatic nitrogens is 1. The van der Waals surface area contributed by atoms with Gasteiger partial charge in [-0.25, -0.2) is 0 Å². The lowest BCUT2D eigenvalue weighted by Crippen LogP contribution is -2.32. The molecule has 0 fully saturated rings. The molecule has 1 aromatic heterocycles. The maximum atomic E-state index is 10.00. The Morgan fingerprint density at radius 1 is 1.58 bits per heavy atom. The van der Waals surface area contributed by atoms with E-state index in [0.29, 0.717) is 5.69 Å². The van der Waals surface area contributed by atoms with Gasteiger partial charge in [-0.1, -0.05) is 0 Å². The van der Waals surface area contributed by atoms with Crippen LogP contribution in [-0.4, -0.2) is 11.2 Å². The van der Waals surface area contributed by atoms with Gasteiger partial charge in [0, 0.05) is 22.9 Å². The number of carboxylic acid groups (broad SMARTS) is 1. The lowest BCUT2D eigenvalue weighted by Gasteiger charge is -1.90. The molecule has 0 amide bonds. The van der Waals surface area contributed by atoms with E-state index in [-0.39, 0.29) is 0 Å². The van der Waals surface area contributed by atoms with E-state index in [1.165, 1.54) is 12.3 Å². The molecular formula is C8H7NO3. The highest BCUT2D eigenvalue weighted by atomic mass is 16.5. The Kier molecular flexibility index (Phi) is 2.42. The van der Waals surface area contributed by atoms with Crippen LogP contribution in [0.4, 0.5) is 0 Å². The van der Waals surface area contributed by atoms with Crippen LogP contribution in [-0.2, 0) is 4.79 Å². The van der Waals surface area contributed by atoms with Gasteiger partial charge in [-0.05, 0) is 12.1 Å². The first-order valence-corrected chi connectivity index (χ1v) is 3.29. The maximum Gasteiger partial charge on any atom is 0.257 e. The number of pyridine rings is 1. The fourth-order valence-electron chi connectivity index (χ4n) is 0.733. The second kappa shape index (κ2) is 3.52. The summed E-state index contributed by atoms with van der Waals surface area (Å²) in [6, 6.07) is 4.87. The van der Waals surface area contributed by atoms with E-state index in [0.717, 1.165) is 10.8 Å². The summed E-state index contributed by atoms with van der Waals surface area (Å²) in [6.07, 6.45) is 3.49. The van der Waals surface area contributed by atoms with Crippen molar-refractivity contribution < 1.29 is 19.8 Å². The first-order chi connectivity index (χ1) is 5.70. The van der Waals surface area contributed by atoms with E-state index in [2.05, 4.69) is 0 Å². The topological polar surface area (TPSA) is 64.2 Å². The highest BCUT2D eigenvalue weighted by molar-refractivity contribution is 5.82. The van der Waals surface area contributed by atoms with E-state index in [1.54, 1.807) is 18.2 Å². The van der Waals surface area contributed by atoms with Crippen molar-refractivity contribution in [3.63, 3.8) is 0 Å². The average molecular weight is 165 g/mol. The van der Waals surface area contributed by atoms with Crippen molar-refractivity contribution in [1.82, 2.24) is 0 Å². The Hall–Kier alpha value is -1.84. The van der Waals surface area contributed by atoms with Crippen molar-refractivity contribution in [3.05, 3.63) is 36.2 Å². The smallest absolute Gasteiger partial charge is 0.257 e. The fourth-order valence-corrected chi connectivity index (χ4v) is 0.733. The molecule has 1 rings (SSSR count). The third-order valence-electron chi connectivity index (χ3n) is 1.26. The van der Waals surface area contributed by atoms with Crippen LogP contribution in [0.5, 0.6) is 0 Å². The Bertz CT molecular complexity index is 320. The van der Waals surface area contributed by atoms with Crippen LogP contribution in [0.15, 0.2) is 30.5 Å². The van der Waals surface area contributed by atoms with Crippen molar-refractivity contribution in [2.75, 3.05) is 0 Å². The molecule has 1 N–H and O–H groups in total. The Morgan fingerprint density at radius 2 is 2.33 bits per heavy atom. The first-order valence-electron chi connectivity index (χ1n) is 3.29. The molecule has 0 radical (unpaired) electrons. The van der Waals surface area contributed by atoms with Gasteiger partial charge < -0.3 is 9.90 Å². The van der Waals surface area contributed by atoms with Crippen LogP contribution in [0, 0.1) is 0 Å². The minimum Gasteiger partial charge on any atom is -0.545 e. The Balaban J connectivity index is 2.89. The van der Waals surface area contributed by atoms with Crippen LogP contribution in [0.3, 0.4) is 0 Å². The molecule has 4 nitrogen and oxygen atoms in total. The second-order valence-electron chi connectivity index (χ2n) is 2.12. The van der Waals surface area contributed by atoms with E-state index in [4.69, 9.17) is 5.21 Å². The molecule has 1 heterocycles. The van der Waals surface area contributed by atoms with Gasteiger partial charge in [-0.2, -0.15) is 0 Å². The number of nitrogens with zero attached hydrogens (tertiary/aromatic N) is 1. The first kappa shape index (κ1) is 8.26. The van der Waals surface area contributed by atoms with Gasteiger partial charge in [0.2, 0.25) is 6.20 Å². The highest BCUT2D eigenvalue weighted by Gasteiger charge is 2.01. The van der Waals surface area contributed by atoms with Gasteiger partial charge >= 0.3 is 0 Å². The molecule has 0 aliphatic carbocycles. The number of hydrogen-bond donors (Lipinski definition) is 1. The molecule has 0 spiro atoms. The summed E-state index contributed by atoms with van der Waals surface area (Å²) in [5, 5.41) is 19.1. The molecule has 0 unspecified atom stereocenters. The third-order valence-corrected chi connectivity index (χ3v) is 1.26. The van der Waals surface area contributed by atoms with Crippen molar-refractivity contribution in [1.29, 1.82) is 0 Å². The third kappa shape index (κ3) is 2.09. The zero-order chi connectivity index (χ0) is 8.97. The van der Waals surface area contributed by atoms with Crippen LogP contribution in [0.25, 0.3) is 6.08 Å². The number of carboxylic acids is 1. The zero-order valence-electron chi connectivity index (χ0n) is 6.18. The summed E-state index contributed by atoms with van der Waals surface area (Å²) in [6.45, 7) is 0. The molecule has 0 aliphatic heterocycles. The Morgan fingerprint density at radius 3 is 2.92 bits per heavy atom. The number of aliphatic carboxylic acids is 1. The number of rotatable bonds is 2. The molecule has 62 valence electrons. The van der Waals surface area contributed by atoms with Gasteiger partial charge in [-0.15, -0.1) is 0 Å². The molecular weight excluding hydrogens is 158 g/mol. The molecule has 0 aliphatic rings. The van der Waals surface area contributed by atoms with Crippen LogP contribution < -0.4 is 9.84 Å². The van der Waals surface area contributed by atoms with Crippen molar-refractivity contribution in [3.8, 4) is 0 Å². The van der Waals surface area contributed by atoms with Gasteiger partial charge in [-0.3, -0.25) is 5.21 Å². The largest absolute Gasteiger partial charge is 0.545 e. The van der Waals surface area contributed by atoms with Gasteiger partial charge in [0.05, 0.1) is 5.97 Å². The van der Waals surface area contributed by atoms with E-state index < -0.39 is 5.97 Å². The van der Waals surface area contributed by atoms with Gasteiger partial charge in [0.1, 0.15) is 0 Å². The molecule has 0 atom stereocenters. The quantitative estimate of drug-likeness (QED) is 0.346. The minimum absolute atomic E-state index is 0.377. The SMILES string of the molecule is O=C([O-])C=Cc1cccc[n+]1O. The number of carbonyl (C=O) groups is 1. The molecule has 0 saturated heterocycles. The van der Waals surface area contributed by atoms with E-state index in [9.17, 15) is 9.90 Å². The Labute approximate surface area is 69.0 Å². The standard InChI is InChI=1S/C8H7NO3/c10-8(11)5-4-7-3-1-2-6-9(7)12/h1-6H,(H-,10,11,12). The van der Waals surface area contributed by atoms with Crippen LogP contribution in [0.2, 0.25) is 0 Å². The van der Waals surface area contributed by atoms with E-state index in [1.807, 2.05) is 0 Å². The second-order valence-corrected chi connectivity index (χ2v) is 2.12. The predicted molar refractivity (Wildman–Crippen MR) is 37.9 cm³/mol. The lowest BCUT2D eigenvalue weighted by molar-refractivity contribution is -0.905. The summed E-state index contributed by atoms with van der Waals surface area (Å²) in [4.78, 5) is 10.00. The molecule has 1 aromatic rings. The molecule has 0 saturated carbocycles. The molecule has 0 aromatic carbocycles. The maximum absolute atomic E-state index is 10.00. The molecule has 12 heavy (non-hydrogen) atoms. The van der Waals surface area contributed by atoms with Crippen LogP contribution >= 0.6 is 0 Å². The van der Waals surface area contributed by atoms with Gasteiger partial charge in [0.15, 0.2) is 0 Å². The highest BCUT2D eigenvalue weighted by Crippen LogP contribution is 1.92. The monoisotopic (exact) mass is 165 g/mol. The summed E-state index contributed by atoms with van der Waals surface area (Å²) in [5.41, 5.74) is 0.377. The summed E-state index contributed by atoms with van der Waals surface area (Å²) in [7, 11) is 0. The van der Waals surface area contributed by atoms with Crippen molar-refractivity contribution in [2.24, 2.45) is 0 Å². The number of hydrogen-bond acceptors (Lipinski definition) is 3. The van der Waals surface area contributed by atoms with Crippen molar-refractivity contribution in [2.45, 2.75) is 0 Å². The molecule has 4 heteroatoms. The van der Waals surface area contributed by atoms with Crippen LogP contribution in [0.1, 0.15) is 5.69 Å². The fraction of sp³-hybridized carbons (Fsp3) is 0. The summed E-state index contributed by atoms with van der Waals surface area (Å²) >= 11 is 0. The summed E-state index contributed by atoms with van der Waals surface area (Å²) in [5.74, 6) is -1.29. The normalized spacial score (nSPS) is 10.3. The predicted octanol–water partition coefficient (Wildman–Crippen LogP) is -1.03. The average Bonchev–Trinajstić information content (AvgIpc) is 2.03. The number of carbonyl (C=O) groups excluding carboxylic acids is 1. The van der Waals surface area contributed by atoms with E-state index >= 15 is 0 Å². The summed E-state index contributed by atoms with van der Waals surface area (Å²) < 4.78 is 0.819. The lowest BCUT2D eigenvalue weighted by atomic mass is 10.3. The van der Waals surface area contributed by atoms with Gasteiger partial charge in [0.25, 0.3) is 5.69 Å². The zero-order valence-corrected chi connectivity index (χ0v) is 6.18.